The number of aliphatic hydroxyl groups excluding tert-OH is 1. The smallest absolute Gasteiger partial charge is 0.0840 e. The van der Waals surface area contributed by atoms with Gasteiger partial charge in [-0.25, -0.2) is 0 Å². The van der Waals surface area contributed by atoms with Gasteiger partial charge in [-0.3, -0.25) is 0 Å². The lowest BCUT2D eigenvalue weighted by atomic mass is 9.98. The Bertz CT molecular complexity index is 556. The zero-order chi connectivity index (χ0) is 12.5. The van der Waals surface area contributed by atoms with Crippen LogP contribution in [0.15, 0.2) is 29.0 Å². The van der Waals surface area contributed by atoms with Crippen LogP contribution in [0.25, 0.3) is 0 Å². The van der Waals surface area contributed by atoms with Crippen LogP contribution in [-0.2, 0) is 19.3 Å². The third-order valence-electron chi connectivity index (χ3n) is 3.85. The van der Waals surface area contributed by atoms with E-state index in [1.165, 1.54) is 41.5 Å². The lowest BCUT2D eigenvalue weighted by Gasteiger charge is -2.12. The summed E-state index contributed by atoms with van der Waals surface area (Å²) in [6, 6.07) is 6.70. The van der Waals surface area contributed by atoms with Gasteiger partial charge in [0.25, 0.3) is 0 Å². The molecular formula is C16H18OS. The number of hydrogen-bond donors (Lipinski definition) is 1. The third kappa shape index (κ3) is 2.23. The maximum Gasteiger partial charge on any atom is 0.0840 e. The molecule has 1 unspecified atom stereocenters. The highest BCUT2D eigenvalue weighted by molar-refractivity contribution is 7.08. The van der Waals surface area contributed by atoms with Crippen molar-refractivity contribution >= 4 is 11.3 Å². The van der Waals surface area contributed by atoms with E-state index in [2.05, 4.69) is 35.9 Å². The topological polar surface area (TPSA) is 20.2 Å². The van der Waals surface area contributed by atoms with Crippen LogP contribution in [0.5, 0.6) is 0 Å². The van der Waals surface area contributed by atoms with Crippen LogP contribution in [-0.4, -0.2) is 5.11 Å². The van der Waals surface area contributed by atoms with Crippen molar-refractivity contribution in [3.05, 3.63) is 56.8 Å². The maximum atomic E-state index is 10.3. The first-order valence-electron chi connectivity index (χ1n) is 6.55. The van der Waals surface area contributed by atoms with Gasteiger partial charge in [-0.15, -0.1) is 0 Å². The van der Waals surface area contributed by atoms with E-state index in [4.69, 9.17) is 0 Å². The molecule has 0 fully saturated rings. The lowest BCUT2D eigenvalue weighted by molar-refractivity contribution is 0.178. The third-order valence-corrected chi connectivity index (χ3v) is 4.73. The van der Waals surface area contributed by atoms with Crippen molar-refractivity contribution in [2.75, 3.05) is 0 Å². The van der Waals surface area contributed by atoms with E-state index < -0.39 is 0 Å². The van der Waals surface area contributed by atoms with E-state index in [1.54, 1.807) is 11.3 Å². The molecule has 2 heteroatoms. The summed E-state index contributed by atoms with van der Waals surface area (Å²) >= 11 is 1.67. The molecule has 18 heavy (non-hydrogen) atoms. The summed E-state index contributed by atoms with van der Waals surface area (Å²) in [6.07, 6.45) is 4.07. The molecule has 0 saturated carbocycles. The van der Waals surface area contributed by atoms with Gasteiger partial charge in [0.15, 0.2) is 0 Å². The second-order valence-corrected chi connectivity index (χ2v) is 5.93. The predicted octanol–water partition coefficient (Wildman–Crippen LogP) is 3.82. The van der Waals surface area contributed by atoms with Gasteiger partial charge in [0.2, 0.25) is 0 Å². The Hall–Kier alpha value is -1.12. The molecule has 1 aromatic heterocycles. The summed E-state index contributed by atoms with van der Waals surface area (Å²) < 4.78 is 0. The number of aryl methyl sites for hydroxylation is 3. The maximum absolute atomic E-state index is 10.3. The van der Waals surface area contributed by atoms with Crippen molar-refractivity contribution in [3.8, 4) is 0 Å². The first-order chi connectivity index (χ1) is 8.74. The number of fused-ring (bicyclic) bond motifs is 1. The van der Waals surface area contributed by atoms with Crippen LogP contribution in [0.3, 0.4) is 0 Å². The number of hydrogen-bond acceptors (Lipinski definition) is 2. The van der Waals surface area contributed by atoms with Gasteiger partial charge in [-0.1, -0.05) is 18.2 Å². The molecule has 1 aliphatic rings. The first-order valence-corrected chi connectivity index (χ1v) is 7.50. The molecule has 1 aromatic carbocycles. The minimum absolute atomic E-state index is 0.365. The van der Waals surface area contributed by atoms with Gasteiger partial charge in [-0.05, 0) is 64.8 Å². The van der Waals surface area contributed by atoms with Crippen LogP contribution in [0, 0.1) is 6.92 Å². The van der Waals surface area contributed by atoms with Crippen molar-refractivity contribution in [1.82, 2.24) is 0 Å². The van der Waals surface area contributed by atoms with Gasteiger partial charge >= 0.3 is 0 Å². The largest absolute Gasteiger partial charge is 0.388 e. The molecule has 0 bridgehead atoms. The molecule has 0 aliphatic heterocycles. The van der Waals surface area contributed by atoms with E-state index in [0.29, 0.717) is 0 Å². The second kappa shape index (κ2) is 4.87. The number of rotatable bonds is 3. The first kappa shape index (κ1) is 11.9. The molecule has 1 heterocycles. The Labute approximate surface area is 112 Å². The zero-order valence-corrected chi connectivity index (χ0v) is 11.5. The molecule has 1 nitrogen and oxygen atoms in total. The summed E-state index contributed by atoms with van der Waals surface area (Å²) in [4.78, 5) is 0. The molecular weight excluding hydrogens is 240 g/mol. The molecule has 0 spiro atoms. The average molecular weight is 258 g/mol. The van der Waals surface area contributed by atoms with Gasteiger partial charge in [0.1, 0.15) is 0 Å². The van der Waals surface area contributed by atoms with Gasteiger partial charge in [-0.2, -0.15) is 11.3 Å². The molecule has 94 valence electrons. The van der Waals surface area contributed by atoms with Crippen molar-refractivity contribution in [1.29, 1.82) is 0 Å². The highest BCUT2D eigenvalue weighted by Crippen LogP contribution is 2.27. The summed E-state index contributed by atoms with van der Waals surface area (Å²) in [5.41, 5.74) is 6.53. The van der Waals surface area contributed by atoms with Crippen molar-refractivity contribution in [3.63, 3.8) is 0 Å². The lowest BCUT2D eigenvalue weighted by Crippen LogP contribution is -2.02. The molecule has 1 atom stereocenters. The molecule has 0 amide bonds. The average Bonchev–Trinajstić information content (AvgIpc) is 2.96. The van der Waals surface area contributed by atoms with E-state index >= 15 is 0 Å². The summed E-state index contributed by atoms with van der Waals surface area (Å²) in [5.74, 6) is 0. The number of benzene rings is 1. The second-order valence-electron chi connectivity index (χ2n) is 5.19. The Morgan fingerprint density at radius 3 is 2.83 bits per heavy atom. The molecule has 2 aromatic rings. The Balaban J connectivity index is 1.79. The van der Waals surface area contributed by atoms with Crippen LogP contribution in [0.2, 0.25) is 0 Å². The fourth-order valence-corrected chi connectivity index (χ4v) is 3.69. The Morgan fingerprint density at radius 2 is 2.06 bits per heavy atom. The Morgan fingerprint density at radius 1 is 1.22 bits per heavy atom. The quantitative estimate of drug-likeness (QED) is 0.887. The summed E-state index contributed by atoms with van der Waals surface area (Å²) in [5, 5.41) is 14.5. The fraction of sp³-hybridized carbons (Fsp3) is 0.375. The van der Waals surface area contributed by atoms with Crippen LogP contribution in [0.4, 0.5) is 0 Å². The van der Waals surface area contributed by atoms with E-state index in [0.717, 1.165) is 12.0 Å². The van der Waals surface area contributed by atoms with Gasteiger partial charge < -0.3 is 5.11 Å². The SMILES string of the molecule is Cc1cscc1C(O)Cc1ccc2c(c1)CCC2. The number of thiophene rings is 1. The van der Waals surface area contributed by atoms with Crippen LogP contribution >= 0.6 is 11.3 Å². The molecule has 3 rings (SSSR count). The molecule has 1 aliphatic carbocycles. The Kier molecular flexibility index (Phi) is 3.23. The highest BCUT2D eigenvalue weighted by atomic mass is 32.1. The monoisotopic (exact) mass is 258 g/mol. The van der Waals surface area contributed by atoms with Gasteiger partial charge in [0, 0.05) is 6.42 Å². The van der Waals surface area contributed by atoms with Crippen molar-refractivity contribution in [2.24, 2.45) is 0 Å². The molecule has 0 radical (unpaired) electrons. The number of aliphatic hydroxyl groups is 1. The van der Waals surface area contributed by atoms with Crippen molar-refractivity contribution < 1.29 is 5.11 Å². The standard InChI is InChI=1S/C16H18OS/c1-11-9-18-10-15(11)16(17)8-12-5-6-13-3-2-4-14(13)7-12/h5-7,9-10,16-17H,2-4,8H2,1H3. The normalized spacial score (nSPS) is 15.7. The van der Waals surface area contributed by atoms with E-state index in [9.17, 15) is 5.11 Å². The zero-order valence-electron chi connectivity index (χ0n) is 10.6. The fourth-order valence-electron chi connectivity index (χ4n) is 2.80. The van der Waals surface area contributed by atoms with E-state index in [1.807, 2.05) is 0 Å². The van der Waals surface area contributed by atoms with Crippen LogP contribution < -0.4 is 0 Å². The van der Waals surface area contributed by atoms with Crippen LogP contribution in [0.1, 0.15) is 40.3 Å². The summed E-state index contributed by atoms with van der Waals surface area (Å²) in [7, 11) is 0. The van der Waals surface area contributed by atoms with E-state index in [-0.39, 0.29) is 6.10 Å². The summed E-state index contributed by atoms with van der Waals surface area (Å²) in [6.45, 7) is 2.07. The minimum atomic E-state index is -0.365. The van der Waals surface area contributed by atoms with Crippen molar-refractivity contribution in [2.45, 2.75) is 38.7 Å². The highest BCUT2D eigenvalue weighted by Gasteiger charge is 2.15. The predicted molar refractivity (Wildman–Crippen MR) is 76.2 cm³/mol. The van der Waals surface area contributed by atoms with Gasteiger partial charge in [0.05, 0.1) is 6.10 Å². The molecule has 0 saturated heterocycles. The minimum Gasteiger partial charge on any atom is -0.388 e. The molecule has 1 N–H and O–H groups in total.